The van der Waals surface area contributed by atoms with E-state index in [0.29, 0.717) is 37.7 Å². The lowest BCUT2D eigenvalue weighted by Gasteiger charge is -2.35. The third-order valence-electron chi connectivity index (χ3n) is 5.90. The molecule has 33 heavy (non-hydrogen) atoms. The number of nitrogens with zero attached hydrogens (tertiary/aromatic N) is 1. The number of fused-ring (bicyclic) bond motifs is 3. The molecule has 3 aromatic rings. The second-order valence-corrected chi connectivity index (χ2v) is 8.51. The van der Waals surface area contributed by atoms with Crippen molar-refractivity contribution < 1.29 is 19.0 Å². The number of rotatable bonds is 9. The zero-order chi connectivity index (χ0) is 23.2. The Morgan fingerprint density at radius 1 is 1.15 bits per heavy atom. The van der Waals surface area contributed by atoms with Crippen molar-refractivity contribution in [2.45, 2.75) is 25.3 Å². The van der Waals surface area contributed by atoms with E-state index in [1.807, 2.05) is 42.5 Å². The van der Waals surface area contributed by atoms with Crippen LogP contribution in [-0.4, -0.2) is 56.0 Å². The molecule has 7 nitrogen and oxygen atoms in total. The van der Waals surface area contributed by atoms with Gasteiger partial charge in [0.05, 0.1) is 13.2 Å². The van der Waals surface area contributed by atoms with E-state index < -0.39 is 0 Å². The Morgan fingerprint density at radius 3 is 2.73 bits per heavy atom. The average molecular weight is 472 g/mol. The van der Waals surface area contributed by atoms with Gasteiger partial charge in [0, 0.05) is 35.3 Å². The zero-order valence-electron chi connectivity index (χ0n) is 18.8. The van der Waals surface area contributed by atoms with Gasteiger partial charge in [0.2, 0.25) is 0 Å². The number of hydrogen-bond donors (Lipinski definition) is 2. The fraction of sp³-hybridized carbons (Fsp3) is 0.400. The maximum atomic E-state index is 13.0. The highest BCUT2D eigenvalue weighted by atomic mass is 35.5. The summed E-state index contributed by atoms with van der Waals surface area (Å²) in [7, 11) is 1.58. The van der Waals surface area contributed by atoms with Crippen LogP contribution in [0.1, 0.15) is 35.7 Å². The highest BCUT2D eigenvalue weighted by Crippen LogP contribution is 2.39. The summed E-state index contributed by atoms with van der Waals surface area (Å²) in [6.45, 7) is 2.41. The number of nitrogens with two attached hydrogens (primary N) is 1. The molecule has 176 valence electrons. The van der Waals surface area contributed by atoms with Gasteiger partial charge in [-0.15, -0.1) is 0 Å². The Morgan fingerprint density at radius 2 is 1.97 bits per heavy atom. The molecule has 1 aromatic heterocycles. The van der Waals surface area contributed by atoms with E-state index in [-0.39, 0.29) is 18.7 Å². The molecule has 1 amide bonds. The predicted molar refractivity (Wildman–Crippen MR) is 129 cm³/mol. The third kappa shape index (κ3) is 5.27. The standard InChI is InChI=1S/C25H30ClN3O4/c1-31-14-15-33-25(30)29-12-10-20-21-16-18(26)6-9-22(21)28-23(20)24(29)17-4-7-19(8-5-17)32-13-3-2-11-27/h4-9,16,24,28H,2-3,10-15,27H2,1H3. The van der Waals surface area contributed by atoms with Crippen LogP contribution in [0.4, 0.5) is 4.79 Å². The van der Waals surface area contributed by atoms with Crippen molar-refractivity contribution in [2.24, 2.45) is 5.73 Å². The lowest BCUT2D eigenvalue weighted by molar-refractivity contribution is 0.0629. The largest absolute Gasteiger partial charge is 0.494 e. The highest BCUT2D eigenvalue weighted by molar-refractivity contribution is 6.31. The number of unbranched alkanes of at least 4 members (excludes halogenated alkanes) is 1. The number of amides is 1. The second-order valence-electron chi connectivity index (χ2n) is 8.07. The topological polar surface area (TPSA) is 89.8 Å². The molecule has 0 fully saturated rings. The van der Waals surface area contributed by atoms with Gasteiger partial charge in [-0.3, -0.25) is 4.90 Å². The Hall–Kier alpha value is -2.74. The van der Waals surface area contributed by atoms with Gasteiger partial charge in [-0.1, -0.05) is 23.7 Å². The van der Waals surface area contributed by atoms with E-state index >= 15 is 0 Å². The van der Waals surface area contributed by atoms with E-state index in [4.69, 9.17) is 31.5 Å². The molecule has 0 aliphatic carbocycles. The fourth-order valence-corrected chi connectivity index (χ4v) is 4.45. The molecular formula is C25H30ClN3O4. The van der Waals surface area contributed by atoms with Gasteiger partial charge in [0.15, 0.2) is 0 Å². The lowest BCUT2D eigenvalue weighted by Crippen LogP contribution is -2.41. The molecule has 1 aliphatic heterocycles. The zero-order valence-corrected chi connectivity index (χ0v) is 19.6. The number of methoxy groups -OCH3 is 1. The van der Waals surface area contributed by atoms with Crippen molar-refractivity contribution in [1.29, 1.82) is 0 Å². The summed E-state index contributed by atoms with van der Waals surface area (Å²) in [6.07, 6.45) is 2.21. The maximum absolute atomic E-state index is 13.0. The molecule has 2 heterocycles. The molecule has 2 aromatic carbocycles. The van der Waals surface area contributed by atoms with Gasteiger partial charge >= 0.3 is 6.09 Å². The summed E-state index contributed by atoms with van der Waals surface area (Å²) in [6, 6.07) is 13.4. The molecule has 0 saturated carbocycles. The van der Waals surface area contributed by atoms with Crippen molar-refractivity contribution in [3.05, 3.63) is 64.3 Å². The Bertz CT molecular complexity index is 1080. The minimum atomic E-state index is -0.360. The van der Waals surface area contributed by atoms with Gasteiger partial charge < -0.3 is 24.9 Å². The predicted octanol–water partition coefficient (Wildman–Crippen LogP) is 4.67. The first-order chi connectivity index (χ1) is 16.1. The molecule has 0 radical (unpaired) electrons. The summed E-state index contributed by atoms with van der Waals surface area (Å²) < 4.78 is 16.3. The van der Waals surface area contributed by atoms with Crippen LogP contribution in [0.3, 0.4) is 0 Å². The normalized spacial score (nSPS) is 15.5. The maximum Gasteiger partial charge on any atom is 0.410 e. The van der Waals surface area contributed by atoms with Gasteiger partial charge in [-0.05, 0) is 67.3 Å². The first-order valence-corrected chi connectivity index (χ1v) is 11.7. The van der Waals surface area contributed by atoms with Gasteiger partial charge in [0.1, 0.15) is 18.4 Å². The number of aromatic amines is 1. The van der Waals surface area contributed by atoms with E-state index in [1.165, 1.54) is 5.56 Å². The summed E-state index contributed by atoms with van der Waals surface area (Å²) in [5.74, 6) is 0.796. The summed E-state index contributed by atoms with van der Waals surface area (Å²) in [5, 5.41) is 1.79. The van der Waals surface area contributed by atoms with Crippen molar-refractivity contribution in [1.82, 2.24) is 9.88 Å². The van der Waals surface area contributed by atoms with E-state index in [2.05, 4.69) is 4.98 Å². The van der Waals surface area contributed by atoms with Crippen molar-refractivity contribution in [3.8, 4) is 5.75 Å². The number of hydrogen-bond acceptors (Lipinski definition) is 5. The van der Waals surface area contributed by atoms with Gasteiger partial charge in [-0.2, -0.15) is 0 Å². The van der Waals surface area contributed by atoms with Crippen LogP contribution in [0.25, 0.3) is 10.9 Å². The number of H-pyrrole nitrogens is 1. The molecule has 1 atom stereocenters. The quantitative estimate of drug-likeness (QED) is 0.442. The van der Waals surface area contributed by atoms with Crippen molar-refractivity contribution in [2.75, 3.05) is 40.0 Å². The molecule has 0 spiro atoms. The molecular weight excluding hydrogens is 442 g/mol. The fourth-order valence-electron chi connectivity index (χ4n) is 4.28. The monoisotopic (exact) mass is 471 g/mol. The number of halogens is 1. The Labute approximate surface area is 198 Å². The van der Waals surface area contributed by atoms with E-state index in [9.17, 15) is 4.79 Å². The number of nitrogens with one attached hydrogen (secondary N) is 1. The van der Waals surface area contributed by atoms with Crippen molar-refractivity contribution in [3.63, 3.8) is 0 Å². The molecule has 4 rings (SSSR count). The lowest BCUT2D eigenvalue weighted by atomic mass is 9.92. The Balaban J connectivity index is 1.65. The van der Waals surface area contributed by atoms with Gasteiger partial charge in [-0.25, -0.2) is 4.79 Å². The average Bonchev–Trinajstić information content (AvgIpc) is 3.19. The van der Waals surface area contributed by atoms with E-state index in [0.717, 1.165) is 40.8 Å². The van der Waals surface area contributed by atoms with Crippen LogP contribution < -0.4 is 10.5 Å². The summed E-state index contributed by atoms with van der Waals surface area (Å²) in [5.41, 5.74) is 9.69. The van der Waals surface area contributed by atoms with Crippen LogP contribution >= 0.6 is 11.6 Å². The number of benzene rings is 2. The van der Waals surface area contributed by atoms with Crippen LogP contribution in [0, 0.1) is 0 Å². The second kappa shape index (κ2) is 10.9. The molecule has 1 unspecified atom stereocenters. The minimum absolute atomic E-state index is 0.212. The SMILES string of the molecule is COCCOC(=O)N1CCc2c([nH]c3ccc(Cl)cc23)C1c1ccc(OCCCCN)cc1. The van der Waals surface area contributed by atoms with Crippen LogP contribution in [0.15, 0.2) is 42.5 Å². The number of aromatic nitrogens is 1. The molecule has 0 saturated heterocycles. The molecule has 8 heteroatoms. The number of ether oxygens (including phenoxy) is 3. The first kappa shape index (κ1) is 23.4. The smallest absolute Gasteiger partial charge is 0.410 e. The first-order valence-electron chi connectivity index (χ1n) is 11.3. The molecule has 3 N–H and O–H groups in total. The molecule has 1 aliphatic rings. The Kier molecular flexibility index (Phi) is 7.75. The summed E-state index contributed by atoms with van der Waals surface area (Å²) in [4.78, 5) is 18.3. The summed E-state index contributed by atoms with van der Waals surface area (Å²) >= 11 is 6.27. The van der Waals surface area contributed by atoms with Crippen LogP contribution in [-0.2, 0) is 15.9 Å². The van der Waals surface area contributed by atoms with E-state index in [1.54, 1.807) is 12.0 Å². The van der Waals surface area contributed by atoms with Gasteiger partial charge in [0.25, 0.3) is 0 Å². The number of carbonyl (C=O) groups is 1. The third-order valence-corrected chi connectivity index (χ3v) is 6.13. The van der Waals surface area contributed by atoms with Crippen LogP contribution in [0.5, 0.6) is 5.75 Å². The van der Waals surface area contributed by atoms with Crippen molar-refractivity contribution >= 4 is 28.6 Å². The number of carbonyl (C=O) groups excluding carboxylic acids is 1. The van der Waals surface area contributed by atoms with Crippen LogP contribution in [0.2, 0.25) is 5.02 Å². The molecule has 0 bridgehead atoms. The highest BCUT2D eigenvalue weighted by Gasteiger charge is 2.35. The minimum Gasteiger partial charge on any atom is -0.494 e.